The van der Waals surface area contributed by atoms with E-state index in [9.17, 15) is 0 Å². The van der Waals surface area contributed by atoms with Gasteiger partial charge in [-0.15, -0.1) is 0 Å². The third-order valence-corrected chi connectivity index (χ3v) is 2.57. The van der Waals surface area contributed by atoms with Crippen molar-refractivity contribution < 1.29 is 4.52 Å². The van der Waals surface area contributed by atoms with Crippen LogP contribution in [0, 0.1) is 6.92 Å². The normalized spacial score (nSPS) is 10.6. The molecular weight excluding hydrogens is 242 g/mol. The van der Waals surface area contributed by atoms with Crippen molar-refractivity contribution in [1.82, 2.24) is 20.1 Å². The van der Waals surface area contributed by atoms with Crippen LogP contribution >= 0.6 is 0 Å². The second kappa shape index (κ2) is 4.49. The number of nitrogens with zero attached hydrogens (tertiary/aromatic N) is 4. The van der Waals surface area contributed by atoms with E-state index in [0.717, 1.165) is 11.3 Å². The molecule has 6 heteroatoms. The van der Waals surface area contributed by atoms with E-state index in [1.54, 1.807) is 18.3 Å². The molecule has 3 aromatic heterocycles. The fourth-order valence-corrected chi connectivity index (χ4v) is 1.69. The predicted molar refractivity (Wildman–Crippen MR) is 69.9 cm³/mol. The van der Waals surface area contributed by atoms with Crippen molar-refractivity contribution in [2.75, 3.05) is 5.73 Å². The molecule has 0 amide bonds. The van der Waals surface area contributed by atoms with Gasteiger partial charge in [0.15, 0.2) is 0 Å². The molecule has 19 heavy (non-hydrogen) atoms. The monoisotopic (exact) mass is 253 g/mol. The molecule has 0 aromatic carbocycles. The van der Waals surface area contributed by atoms with E-state index in [4.69, 9.17) is 10.3 Å². The maximum absolute atomic E-state index is 5.62. The number of nitrogen functional groups attached to an aromatic ring is 1. The molecule has 0 bridgehead atoms. The van der Waals surface area contributed by atoms with Crippen molar-refractivity contribution in [3.05, 3.63) is 42.2 Å². The highest BCUT2D eigenvalue weighted by atomic mass is 16.5. The van der Waals surface area contributed by atoms with Gasteiger partial charge in [-0.05, 0) is 31.2 Å². The molecule has 0 aliphatic heterocycles. The Kier molecular flexibility index (Phi) is 2.68. The minimum atomic E-state index is 0.396. The van der Waals surface area contributed by atoms with Gasteiger partial charge >= 0.3 is 0 Å². The SMILES string of the molecule is Cc1cccc(-c2noc(-c3ccnc(N)c3)n2)n1. The molecule has 0 radical (unpaired) electrons. The lowest BCUT2D eigenvalue weighted by Gasteiger charge is -1.95. The highest BCUT2D eigenvalue weighted by Crippen LogP contribution is 2.21. The summed E-state index contributed by atoms with van der Waals surface area (Å²) in [4.78, 5) is 12.6. The molecule has 94 valence electrons. The standard InChI is InChI=1S/C13H11N5O/c1-8-3-2-4-10(16-8)12-17-13(19-18-12)9-5-6-15-11(14)7-9/h2-7H,1H3,(H2,14,15). The lowest BCUT2D eigenvalue weighted by Crippen LogP contribution is -1.90. The van der Waals surface area contributed by atoms with Gasteiger partial charge in [0, 0.05) is 17.5 Å². The van der Waals surface area contributed by atoms with Crippen molar-refractivity contribution in [2.24, 2.45) is 0 Å². The van der Waals surface area contributed by atoms with E-state index in [0.29, 0.717) is 23.2 Å². The first-order valence-corrected chi connectivity index (χ1v) is 5.72. The molecule has 0 atom stereocenters. The first kappa shape index (κ1) is 11.3. The van der Waals surface area contributed by atoms with Crippen LogP contribution in [-0.2, 0) is 0 Å². The maximum Gasteiger partial charge on any atom is 0.258 e. The van der Waals surface area contributed by atoms with Crippen LogP contribution in [0.1, 0.15) is 5.69 Å². The summed E-state index contributed by atoms with van der Waals surface area (Å²) in [5.74, 6) is 1.26. The van der Waals surface area contributed by atoms with Gasteiger partial charge in [-0.2, -0.15) is 4.98 Å². The fraction of sp³-hybridized carbons (Fsp3) is 0.0769. The van der Waals surface area contributed by atoms with Gasteiger partial charge < -0.3 is 10.3 Å². The number of aryl methyl sites for hydroxylation is 1. The summed E-state index contributed by atoms with van der Waals surface area (Å²) in [6.07, 6.45) is 1.60. The zero-order valence-electron chi connectivity index (χ0n) is 10.2. The maximum atomic E-state index is 5.62. The van der Waals surface area contributed by atoms with Gasteiger partial charge in [-0.25, -0.2) is 9.97 Å². The van der Waals surface area contributed by atoms with Crippen LogP contribution in [0.3, 0.4) is 0 Å². The molecule has 3 heterocycles. The van der Waals surface area contributed by atoms with Crippen LogP contribution in [0.5, 0.6) is 0 Å². The van der Waals surface area contributed by atoms with Crippen LogP contribution in [0.15, 0.2) is 41.1 Å². The zero-order chi connectivity index (χ0) is 13.2. The Hall–Kier alpha value is -2.76. The average Bonchev–Trinajstić information content (AvgIpc) is 2.88. The summed E-state index contributed by atoms with van der Waals surface area (Å²) in [6.45, 7) is 1.91. The highest BCUT2D eigenvalue weighted by Gasteiger charge is 2.11. The molecule has 0 saturated heterocycles. The Morgan fingerprint density at radius 1 is 1.16 bits per heavy atom. The number of anilines is 1. The molecule has 6 nitrogen and oxygen atoms in total. The van der Waals surface area contributed by atoms with Crippen LogP contribution in [0.2, 0.25) is 0 Å². The second-order valence-corrected chi connectivity index (χ2v) is 4.06. The topological polar surface area (TPSA) is 90.7 Å². The number of aromatic nitrogens is 4. The summed E-state index contributed by atoms with van der Waals surface area (Å²) in [7, 11) is 0. The van der Waals surface area contributed by atoms with Crippen molar-refractivity contribution in [3.8, 4) is 23.0 Å². The van der Waals surface area contributed by atoms with Crippen LogP contribution in [0.4, 0.5) is 5.82 Å². The van der Waals surface area contributed by atoms with Gasteiger partial charge in [0.2, 0.25) is 5.82 Å². The van der Waals surface area contributed by atoms with E-state index in [2.05, 4.69) is 20.1 Å². The lowest BCUT2D eigenvalue weighted by molar-refractivity contribution is 0.432. The number of nitrogens with two attached hydrogens (primary N) is 1. The van der Waals surface area contributed by atoms with Crippen LogP contribution in [0.25, 0.3) is 23.0 Å². The van der Waals surface area contributed by atoms with Gasteiger partial charge in [-0.1, -0.05) is 11.2 Å². The van der Waals surface area contributed by atoms with E-state index in [1.807, 2.05) is 25.1 Å². The number of pyridine rings is 2. The van der Waals surface area contributed by atoms with E-state index < -0.39 is 0 Å². The predicted octanol–water partition coefficient (Wildman–Crippen LogP) is 2.08. The largest absolute Gasteiger partial charge is 0.384 e. The van der Waals surface area contributed by atoms with Gasteiger partial charge in [0.25, 0.3) is 5.89 Å². The highest BCUT2D eigenvalue weighted by molar-refractivity contribution is 5.59. The molecule has 3 aromatic rings. The number of hydrogen-bond acceptors (Lipinski definition) is 6. The molecule has 0 aliphatic rings. The summed E-state index contributed by atoms with van der Waals surface area (Å²) in [5, 5.41) is 3.92. The zero-order valence-corrected chi connectivity index (χ0v) is 10.2. The van der Waals surface area contributed by atoms with Gasteiger partial charge in [0.05, 0.1) is 0 Å². The first-order valence-electron chi connectivity index (χ1n) is 5.72. The van der Waals surface area contributed by atoms with Gasteiger partial charge in [0.1, 0.15) is 11.5 Å². The minimum absolute atomic E-state index is 0.396. The Bertz CT molecular complexity index is 662. The van der Waals surface area contributed by atoms with Crippen LogP contribution in [-0.4, -0.2) is 20.1 Å². The molecule has 3 rings (SSSR count). The van der Waals surface area contributed by atoms with Crippen molar-refractivity contribution in [2.45, 2.75) is 6.92 Å². The minimum Gasteiger partial charge on any atom is -0.384 e. The lowest BCUT2D eigenvalue weighted by atomic mass is 10.2. The average molecular weight is 253 g/mol. The number of rotatable bonds is 2. The number of hydrogen-bond donors (Lipinski definition) is 1. The van der Waals surface area contributed by atoms with Crippen molar-refractivity contribution >= 4 is 5.82 Å². The van der Waals surface area contributed by atoms with Crippen molar-refractivity contribution in [1.29, 1.82) is 0 Å². The smallest absolute Gasteiger partial charge is 0.258 e. The molecule has 0 unspecified atom stereocenters. The van der Waals surface area contributed by atoms with E-state index >= 15 is 0 Å². The first-order chi connectivity index (χ1) is 9.22. The molecule has 2 N–H and O–H groups in total. The second-order valence-electron chi connectivity index (χ2n) is 4.06. The summed E-state index contributed by atoms with van der Waals surface area (Å²) in [5.41, 5.74) is 7.93. The molecule has 0 spiro atoms. The summed E-state index contributed by atoms with van der Waals surface area (Å²) < 4.78 is 5.22. The molecule has 0 fully saturated rings. The van der Waals surface area contributed by atoms with Crippen LogP contribution < -0.4 is 5.73 Å². The Labute approximate surface area is 109 Å². The summed E-state index contributed by atoms with van der Waals surface area (Å²) in [6, 6.07) is 9.09. The molecular formula is C13H11N5O. The molecule has 0 aliphatic carbocycles. The Morgan fingerprint density at radius 2 is 2.05 bits per heavy atom. The fourth-order valence-electron chi connectivity index (χ4n) is 1.69. The van der Waals surface area contributed by atoms with E-state index in [1.165, 1.54) is 0 Å². The molecule has 0 saturated carbocycles. The third-order valence-electron chi connectivity index (χ3n) is 2.57. The quantitative estimate of drug-likeness (QED) is 0.751. The summed E-state index contributed by atoms with van der Waals surface area (Å²) >= 11 is 0. The Morgan fingerprint density at radius 3 is 2.84 bits per heavy atom. The van der Waals surface area contributed by atoms with Crippen molar-refractivity contribution in [3.63, 3.8) is 0 Å². The Balaban J connectivity index is 2.00. The van der Waals surface area contributed by atoms with E-state index in [-0.39, 0.29) is 0 Å². The third kappa shape index (κ3) is 2.28. The van der Waals surface area contributed by atoms with Gasteiger partial charge in [-0.3, -0.25) is 0 Å².